The van der Waals surface area contributed by atoms with Crippen molar-refractivity contribution in [3.05, 3.63) is 53.9 Å². The topological polar surface area (TPSA) is 94.0 Å². The number of carbonyl (C=O) groups is 1. The minimum Gasteiger partial charge on any atom is -0.495 e. The summed E-state index contributed by atoms with van der Waals surface area (Å²) in [6.45, 7) is 5.80. The molecule has 2 heterocycles. The molecular formula is C18H20N6O2. The van der Waals surface area contributed by atoms with Crippen LogP contribution in [0.3, 0.4) is 0 Å². The van der Waals surface area contributed by atoms with E-state index in [1.54, 1.807) is 31.6 Å². The van der Waals surface area contributed by atoms with Crippen molar-refractivity contribution in [3.63, 3.8) is 0 Å². The van der Waals surface area contributed by atoms with Gasteiger partial charge in [-0.1, -0.05) is 12.1 Å². The highest BCUT2D eigenvalue weighted by atomic mass is 16.5. The number of anilines is 2. The van der Waals surface area contributed by atoms with Gasteiger partial charge in [0.15, 0.2) is 0 Å². The zero-order chi connectivity index (χ0) is 18.7. The summed E-state index contributed by atoms with van der Waals surface area (Å²) in [5.74, 6) is 1.90. The fourth-order valence-electron chi connectivity index (χ4n) is 2.61. The van der Waals surface area contributed by atoms with Crippen molar-refractivity contribution in [1.29, 1.82) is 0 Å². The van der Waals surface area contributed by atoms with Crippen molar-refractivity contribution in [1.82, 2.24) is 19.5 Å². The largest absolute Gasteiger partial charge is 0.495 e. The number of benzene rings is 1. The molecule has 0 aliphatic heterocycles. The van der Waals surface area contributed by atoms with E-state index in [2.05, 4.69) is 25.6 Å². The lowest BCUT2D eigenvalue weighted by atomic mass is 10.3. The number of aromatic nitrogens is 4. The Morgan fingerprint density at radius 2 is 1.77 bits per heavy atom. The van der Waals surface area contributed by atoms with Crippen LogP contribution in [0.15, 0.2) is 36.7 Å². The van der Waals surface area contributed by atoms with E-state index in [1.807, 2.05) is 37.5 Å². The quantitative estimate of drug-likeness (QED) is 0.752. The van der Waals surface area contributed by atoms with E-state index in [9.17, 15) is 4.79 Å². The van der Waals surface area contributed by atoms with Gasteiger partial charge in [-0.15, -0.1) is 0 Å². The van der Waals surface area contributed by atoms with Gasteiger partial charge in [-0.2, -0.15) is 0 Å². The highest BCUT2D eigenvalue weighted by Gasteiger charge is 2.12. The van der Waals surface area contributed by atoms with Crippen LogP contribution in [-0.4, -0.2) is 32.7 Å². The number of imidazole rings is 1. The number of hydrogen-bond acceptors (Lipinski definition) is 5. The lowest BCUT2D eigenvalue weighted by Crippen LogP contribution is -2.20. The molecule has 0 saturated heterocycles. The van der Waals surface area contributed by atoms with Crippen LogP contribution < -0.4 is 15.4 Å². The number of methoxy groups -OCH3 is 1. The molecule has 0 radical (unpaired) electrons. The lowest BCUT2D eigenvalue weighted by molar-refractivity contribution is 0.262. The van der Waals surface area contributed by atoms with Crippen molar-refractivity contribution in [2.45, 2.75) is 20.8 Å². The number of ether oxygens (including phenoxy) is 1. The number of nitrogens with zero attached hydrogens (tertiary/aromatic N) is 4. The standard InChI is InChI=1S/C18H20N6O2/c1-11-12(2)24(13(3)21-11)17-19-9-14(10-20-17)22-18(25)23-15-7-5-6-8-16(15)26-4/h5-10H,1-4H3,(H2,22,23,25). The monoisotopic (exact) mass is 352 g/mol. The van der Waals surface area contributed by atoms with Crippen molar-refractivity contribution < 1.29 is 9.53 Å². The van der Waals surface area contributed by atoms with Crippen molar-refractivity contribution >= 4 is 17.4 Å². The lowest BCUT2D eigenvalue weighted by Gasteiger charge is -2.11. The van der Waals surface area contributed by atoms with Gasteiger partial charge >= 0.3 is 6.03 Å². The first-order valence-electron chi connectivity index (χ1n) is 8.05. The van der Waals surface area contributed by atoms with Gasteiger partial charge in [0.1, 0.15) is 11.6 Å². The second-order valence-corrected chi connectivity index (χ2v) is 5.72. The van der Waals surface area contributed by atoms with Gasteiger partial charge in [0.2, 0.25) is 5.95 Å². The first kappa shape index (κ1) is 17.4. The summed E-state index contributed by atoms with van der Waals surface area (Å²) in [5, 5.41) is 5.43. The van der Waals surface area contributed by atoms with Gasteiger partial charge in [-0.25, -0.2) is 19.7 Å². The third-order valence-corrected chi connectivity index (χ3v) is 3.96. The number of rotatable bonds is 4. The van der Waals surface area contributed by atoms with Gasteiger partial charge in [-0.3, -0.25) is 4.57 Å². The van der Waals surface area contributed by atoms with E-state index in [4.69, 9.17) is 4.74 Å². The zero-order valence-electron chi connectivity index (χ0n) is 15.1. The molecule has 1 aromatic carbocycles. The van der Waals surface area contributed by atoms with Crippen LogP contribution in [0.4, 0.5) is 16.2 Å². The molecule has 8 heteroatoms. The molecule has 2 N–H and O–H groups in total. The molecule has 0 fully saturated rings. The van der Waals surface area contributed by atoms with E-state index in [0.717, 1.165) is 17.2 Å². The van der Waals surface area contributed by atoms with Crippen LogP contribution >= 0.6 is 0 Å². The van der Waals surface area contributed by atoms with E-state index in [-0.39, 0.29) is 0 Å². The summed E-state index contributed by atoms with van der Waals surface area (Å²) in [6.07, 6.45) is 3.11. The molecule has 134 valence electrons. The Labute approximate surface area is 151 Å². The number of carbonyl (C=O) groups excluding carboxylic acids is 1. The molecule has 8 nitrogen and oxygen atoms in total. The number of hydrogen-bond donors (Lipinski definition) is 2. The van der Waals surface area contributed by atoms with Gasteiger partial charge in [0.25, 0.3) is 0 Å². The van der Waals surface area contributed by atoms with Crippen molar-refractivity contribution in [2.75, 3.05) is 17.7 Å². The number of nitrogens with one attached hydrogen (secondary N) is 2. The highest BCUT2D eigenvalue weighted by Crippen LogP contribution is 2.23. The summed E-state index contributed by atoms with van der Waals surface area (Å²) >= 11 is 0. The van der Waals surface area contributed by atoms with Crippen LogP contribution in [-0.2, 0) is 0 Å². The summed E-state index contributed by atoms with van der Waals surface area (Å²) < 4.78 is 7.08. The van der Waals surface area contributed by atoms with Gasteiger partial charge in [-0.05, 0) is 32.9 Å². The van der Waals surface area contributed by atoms with Crippen LogP contribution in [0.5, 0.6) is 5.75 Å². The van der Waals surface area contributed by atoms with Crippen LogP contribution in [0.25, 0.3) is 5.95 Å². The van der Waals surface area contributed by atoms with Crippen molar-refractivity contribution in [2.24, 2.45) is 0 Å². The van der Waals surface area contributed by atoms with E-state index in [0.29, 0.717) is 23.1 Å². The Hall–Kier alpha value is -3.42. The maximum absolute atomic E-state index is 12.2. The molecule has 0 aliphatic rings. The molecule has 2 amide bonds. The van der Waals surface area contributed by atoms with Crippen LogP contribution in [0.2, 0.25) is 0 Å². The Morgan fingerprint density at radius 3 is 2.38 bits per heavy atom. The molecule has 3 aromatic rings. The average Bonchev–Trinajstić information content (AvgIpc) is 2.88. The number of aryl methyl sites for hydroxylation is 2. The molecule has 0 aliphatic carbocycles. The third-order valence-electron chi connectivity index (χ3n) is 3.96. The predicted octanol–water partition coefficient (Wildman–Crippen LogP) is 3.24. The fourth-order valence-corrected chi connectivity index (χ4v) is 2.61. The van der Waals surface area contributed by atoms with Gasteiger partial charge in [0.05, 0.1) is 36.6 Å². The van der Waals surface area contributed by atoms with Crippen LogP contribution in [0.1, 0.15) is 17.2 Å². The predicted molar refractivity (Wildman–Crippen MR) is 99.0 cm³/mol. The maximum Gasteiger partial charge on any atom is 0.323 e. The Balaban J connectivity index is 1.72. The van der Waals surface area contributed by atoms with E-state index >= 15 is 0 Å². The molecule has 3 rings (SSSR count). The Morgan fingerprint density at radius 1 is 1.08 bits per heavy atom. The first-order valence-corrected chi connectivity index (χ1v) is 8.05. The molecule has 0 spiro atoms. The number of urea groups is 1. The molecule has 0 atom stereocenters. The smallest absolute Gasteiger partial charge is 0.323 e. The summed E-state index contributed by atoms with van der Waals surface area (Å²) in [4.78, 5) is 25.2. The Kier molecular flexibility index (Phi) is 4.83. The SMILES string of the molecule is COc1ccccc1NC(=O)Nc1cnc(-n2c(C)nc(C)c2C)nc1. The van der Waals surface area contributed by atoms with E-state index in [1.165, 1.54) is 0 Å². The summed E-state index contributed by atoms with van der Waals surface area (Å²) in [5.41, 5.74) is 2.97. The molecule has 0 bridgehead atoms. The molecular weight excluding hydrogens is 332 g/mol. The molecule has 0 saturated carbocycles. The second-order valence-electron chi connectivity index (χ2n) is 5.72. The van der Waals surface area contributed by atoms with E-state index < -0.39 is 6.03 Å². The minimum atomic E-state index is -0.406. The van der Waals surface area contributed by atoms with Crippen molar-refractivity contribution in [3.8, 4) is 11.7 Å². The van der Waals surface area contributed by atoms with Crippen LogP contribution in [0, 0.1) is 20.8 Å². The minimum absolute atomic E-state index is 0.406. The molecule has 0 unspecified atom stereocenters. The third kappa shape index (κ3) is 3.49. The number of amides is 2. The first-order chi connectivity index (χ1) is 12.5. The maximum atomic E-state index is 12.2. The van der Waals surface area contributed by atoms with Gasteiger partial charge < -0.3 is 15.4 Å². The number of para-hydroxylation sites is 2. The molecule has 2 aromatic heterocycles. The zero-order valence-corrected chi connectivity index (χ0v) is 15.1. The average molecular weight is 352 g/mol. The normalized spacial score (nSPS) is 10.5. The summed E-state index contributed by atoms with van der Waals surface area (Å²) in [6, 6.07) is 6.76. The highest BCUT2D eigenvalue weighted by molar-refractivity contribution is 6.00. The summed E-state index contributed by atoms with van der Waals surface area (Å²) in [7, 11) is 1.55. The van der Waals surface area contributed by atoms with Gasteiger partial charge in [0, 0.05) is 5.69 Å². The fraction of sp³-hybridized carbons (Fsp3) is 0.222. The molecule has 26 heavy (non-hydrogen) atoms. The second kappa shape index (κ2) is 7.22. The Bertz CT molecular complexity index is 933.